The molecule has 0 atom stereocenters. The first-order valence-electron chi connectivity index (χ1n) is 6.55. The van der Waals surface area contributed by atoms with Gasteiger partial charge < -0.3 is 5.32 Å². The van der Waals surface area contributed by atoms with Gasteiger partial charge >= 0.3 is 0 Å². The number of hydrogen-bond acceptors (Lipinski definition) is 9. The van der Waals surface area contributed by atoms with E-state index in [-0.39, 0.29) is 11.7 Å². The Morgan fingerprint density at radius 3 is 2.05 bits per heavy atom. The highest BCUT2D eigenvalue weighted by Gasteiger charge is 2.11. The molecule has 2 heterocycles. The number of nitrogens with zero attached hydrogens (tertiary/aromatic N) is 4. The maximum absolute atomic E-state index is 11.4. The minimum atomic E-state index is -0.200. The Labute approximate surface area is 140 Å². The highest BCUT2D eigenvalue weighted by molar-refractivity contribution is 7.99. The first-order valence-corrected chi connectivity index (χ1v) is 9.34. The van der Waals surface area contributed by atoms with Gasteiger partial charge in [-0.1, -0.05) is 22.7 Å². The summed E-state index contributed by atoms with van der Waals surface area (Å²) in [7, 11) is 1.57. The first-order chi connectivity index (χ1) is 10.6. The Bertz CT molecular complexity index is 655. The molecule has 2 aromatic rings. The van der Waals surface area contributed by atoms with Crippen LogP contribution in [0, 0.1) is 0 Å². The van der Waals surface area contributed by atoms with Crippen LogP contribution in [0.1, 0.15) is 36.5 Å². The Morgan fingerprint density at radius 1 is 1.00 bits per heavy atom. The molecule has 10 heteroatoms. The second-order valence-corrected chi connectivity index (χ2v) is 7.60. The van der Waals surface area contributed by atoms with Crippen molar-refractivity contribution >= 4 is 46.1 Å². The molecule has 0 spiro atoms. The van der Waals surface area contributed by atoms with E-state index in [9.17, 15) is 9.59 Å². The van der Waals surface area contributed by atoms with Crippen molar-refractivity contribution < 1.29 is 9.59 Å². The van der Waals surface area contributed by atoms with E-state index >= 15 is 0 Å². The summed E-state index contributed by atoms with van der Waals surface area (Å²) in [5.41, 5.74) is 0. The first kappa shape index (κ1) is 17.0. The highest BCUT2D eigenvalue weighted by Crippen LogP contribution is 2.16. The number of hydrogen-bond donors (Lipinski definition) is 1. The van der Waals surface area contributed by atoms with Gasteiger partial charge in [0, 0.05) is 26.8 Å². The maximum atomic E-state index is 11.4. The quantitative estimate of drug-likeness (QED) is 0.564. The van der Waals surface area contributed by atoms with E-state index in [1.807, 2.05) is 0 Å². The molecule has 1 amide bonds. The summed E-state index contributed by atoms with van der Waals surface area (Å²) in [6.07, 6.45) is 1.59. The second kappa shape index (κ2) is 8.30. The van der Waals surface area contributed by atoms with E-state index in [2.05, 4.69) is 25.7 Å². The fourth-order valence-corrected chi connectivity index (χ4v) is 4.13. The van der Waals surface area contributed by atoms with Gasteiger partial charge in [-0.25, -0.2) is 0 Å². The third-order valence-corrected chi connectivity index (χ3v) is 5.63. The summed E-state index contributed by atoms with van der Waals surface area (Å²) in [5.74, 6) is 1.57. The lowest BCUT2D eigenvalue weighted by atomic mass is 10.5. The van der Waals surface area contributed by atoms with E-state index in [1.165, 1.54) is 29.6 Å². The van der Waals surface area contributed by atoms with E-state index < -0.39 is 0 Å². The molecule has 0 saturated carbocycles. The zero-order chi connectivity index (χ0) is 15.9. The molecule has 0 saturated heterocycles. The summed E-state index contributed by atoms with van der Waals surface area (Å²) in [5, 5.41) is 20.8. The van der Waals surface area contributed by atoms with Crippen LogP contribution >= 0.6 is 34.4 Å². The minimum absolute atomic E-state index is 0.0420. The molecule has 2 aromatic heterocycles. The van der Waals surface area contributed by atoms with Crippen molar-refractivity contribution in [2.24, 2.45) is 0 Å². The number of Topliss-reactive ketones (excluding diaryl/α,β-unsaturated/α-hetero) is 1. The molecule has 0 radical (unpaired) electrons. The molecule has 7 nitrogen and oxygen atoms in total. The zero-order valence-electron chi connectivity index (χ0n) is 12.2. The van der Waals surface area contributed by atoms with Gasteiger partial charge in [-0.15, -0.1) is 20.4 Å². The smallest absolute Gasteiger partial charge is 0.282 e. The van der Waals surface area contributed by atoms with Crippen molar-refractivity contribution in [3.8, 4) is 0 Å². The lowest BCUT2D eigenvalue weighted by molar-refractivity contribution is 0.0960. The van der Waals surface area contributed by atoms with Crippen molar-refractivity contribution in [1.82, 2.24) is 25.7 Å². The average molecular weight is 357 g/mol. The van der Waals surface area contributed by atoms with Crippen molar-refractivity contribution in [2.45, 2.75) is 19.8 Å². The van der Waals surface area contributed by atoms with Crippen molar-refractivity contribution in [2.75, 3.05) is 18.6 Å². The van der Waals surface area contributed by atoms with Crippen LogP contribution in [0.3, 0.4) is 0 Å². The average Bonchev–Trinajstić information content (AvgIpc) is 3.15. The summed E-state index contributed by atoms with van der Waals surface area (Å²) < 4.78 is 0. The van der Waals surface area contributed by atoms with E-state index in [1.54, 1.807) is 18.8 Å². The lowest BCUT2D eigenvalue weighted by Gasteiger charge is -1.97. The van der Waals surface area contributed by atoms with Gasteiger partial charge in [-0.2, -0.15) is 11.8 Å². The van der Waals surface area contributed by atoms with Crippen LogP contribution < -0.4 is 5.32 Å². The topological polar surface area (TPSA) is 97.7 Å². The predicted octanol–water partition coefficient (Wildman–Crippen LogP) is 1.47. The normalized spacial score (nSPS) is 10.6. The molecule has 0 aliphatic rings. The predicted molar refractivity (Wildman–Crippen MR) is 87.9 cm³/mol. The van der Waals surface area contributed by atoms with Crippen LogP contribution in [0.4, 0.5) is 0 Å². The van der Waals surface area contributed by atoms with Gasteiger partial charge in [0.05, 0.1) is 0 Å². The summed E-state index contributed by atoms with van der Waals surface area (Å²) >= 11 is 4.45. The van der Waals surface area contributed by atoms with Crippen LogP contribution in [0.25, 0.3) is 0 Å². The highest BCUT2D eigenvalue weighted by atomic mass is 32.2. The van der Waals surface area contributed by atoms with Crippen LogP contribution in [0.2, 0.25) is 0 Å². The molecule has 0 unspecified atom stereocenters. The fourth-order valence-electron chi connectivity index (χ4n) is 1.47. The van der Waals surface area contributed by atoms with E-state index in [0.717, 1.165) is 34.4 Å². The van der Waals surface area contributed by atoms with Crippen molar-refractivity contribution in [3.05, 3.63) is 20.0 Å². The Kier molecular flexibility index (Phi) is 6.40. The Balaban J connectivity index is 1.67. The maximum Gasteiger partial charge on any atom is 0.282 e. The number of thioether (sulfide) groups is 1. The molecule has 0 aliphatic heterocycles. The molecule has 0 aromatic carbocycles. The van der Waals surface area contributed by atoms with Gasteiger partial charge in [-0.05, 0) is 11.5 Å². The molecular weight excluding hydrogens is 342 g/mol. The molecule has 0 bridgehead atoms. The van der Waals surface area contributed by atoms with Crippen molar-refractivity contribution in [1.29, 1.82) is 0 Å². The van der Waals surface area contributed by atoms with Crippen molar-refractivity contribution in [3.63, 3.8) is 0 Å². The third-order valence-electron chi connectivity index (χ3n) is 2.58. The standard InChI is InChI=1S/C12H15N5O2S3/c1-7(18)11-16-14-8(21-11)3-5-20-6-4-9-15-17-12(22-9)10(19)13-2/h3-6H2,1-2H3,(H,13,19). The van der Waals surface area contributed by atoms with Crippen LogP contribution in [0.5, 0.6) is 0 Å². The summed E-state index contributed by atoms with van der Waals surface area (Å²) in [6.45, 7) is 1.49. The monoisotopic (exact) mass is 357 g/mol. The van der Waals surface area contributed by atoms with Gasteiger partial charge in [0.15, 0.2) is 10.8 Å². The third kappa shape index (κ3) is 4.82. The van der Waals surface area contributed by atoms with E-state index in [4.69, 9.17) is 0 Å². The van der Waals surface area contributed by atoms with Crippen LogP contribution in [-0.4, -0.2) is 50.6 Å². The largest absolute Gasteiger partial charge is 0.353 e. The Morgan fingerprint density at radius 2 is 1.55 bits per heavy atom. The number of ketones is 1. The van der Waals surface area contributed by atoms with E-state index in [0.29, 0.717) is 10.0 Å². The van der Waals surface area contributed by atoms with Crippen LogP contribution in [-0.2, 0) is 12.8 Å². The minimum Gasteiger partial charge on any atom is -0.353 e. The molecular formula is C12H15N5O2S3. The number of amides is 1. The number of aryl methyl sites for hydroxylation is 2. The van der Waals surface area contributed by atoms with Gasteiger partial charge in [0.25, 0.3) is 5.91 Å². The summed E-state index contributed by atoms with van der Waals surface area (Å²) in [6, 6.07) is 0. The number of rotatable bonds is 8. The van der Waals surface area contributed by atoms with Gasteiger partial charge in [-0.3, -0.25) is 9.59 Å². The molecule has 1 N–H and O–H groups in total. The molecule has 2 rings (SSSR count). The molecule has 0 aliphatic carbocycles. The number of aromatic nitrogens is 4. The fraction of sp³-hybridized carbons (Fsp3) is 0.500. The number of carbonyl (C=O) groups is 2. The number of carbonyl (C=O) groups excluding carboxylic acids is 2. The van der Waals surface area contributed by atoms with Crippen LogP contribution in [0.15, 0.2) is 0 Å². The molecule has 0 fully saturated rings. The molecule has 118 valence electrons. The second-order valence-electron chi connectivity index (χ2n) is 4.25. The van der Waals surface area contributed by atoms with Gasteiger partial charge in [0.2, 0.25) is 5.01 Å². The Hall–Kier alpha value is -1.39. The lowest BCUT2D eigenvalue weighted by Crippen LogP contribution is -2.17. The number of nitrogens with one attached hydrogen (secondary N) is 1. The van der Waals surface area contributed by atoms with Gasteiger partial charge in [0.1, 0.15) is 10.0 Å². The SMILES string of the molecule is CNC(=O)c1nnc(CCSCCc2nnc(C(C)=O)s2)s1. The zero-order valence-corrected chi connectivity index (χ0v) is 14.6. The summed E-state index contributed by atoms with van der Waals surface area (Å²) in [4.78, 5) is 22.5. The molecule has 22 heavy (non-hydrogen) atoms.